The molecular formula is C23H20F2O4S. The molecule has 4 rings (SSSR count). The van der Waals surface area contributed by atoms with E-state index < -0.39 is 37.4 Å². The smallest absolute Gasteiger partial charge is 0.187 e. The Morgan fingerprint density at radius 3 is 1.73 bits per heavy atom. The molecule has 2 N–H and O–H groups in total. The van der Waals surface area contributed by atoms with Crippen molar-refractivity contribution in [2.75, 3.05) is 0 Å². The Morgan fingerprint density at radius 2 is 1.20 bits per heavy atom. The van der Waals surface area contributed by atoms with Gasteiger partial charge in [0.15, 0.2) is 15.4 Å². The number of halogens is 2. The van der Waals surface area contributed by atoms with E-state index in [0.29, 0.717) is 0 Å². The predicted molar refractivity (Wildman–Crippen MR) is 107 cm³/mol. The van der Waals surface area contributed by atoms with Gasteiger partial charge in [-0.05, 0) is 55.3 Å². The molecule has 0 saturated carbocycles. The lowest BCUT2D eigenvalue weighted by Crippen LogP contribution is -2.67. The molecule has 0 aliphatic carbocycles. The molecule has 0 unspecified atom stereocenters. The Hall–Kier alpha value is -2.61. The number of hydrogen-bond donors (Lipinski definition) is 2. The molecule has 0 radical (unpaired) electrons. The van der Waals surface area contributed by atoms with Crippen LogP contribution < -0.4 is 0 Å². The van der Waals surface area contributed by atoms with Gasteiger partial charge < -0.3 is 10.2 Å². The van der Waals surface area contributed by atoms with Crippen LogP contribution in [0.1, 0.15) is 30.5 Å². The first-order valence-electron chi connectivity index (χ1n) is 9.29. The summed E-state index contributed by atoms with van der Waals surface area (Å²) in [5, 5.41) is 24.3. The minimum Gasteiger partial charge on any atom is -0.380 e. The van der Waals surface area contributed by atoms with Crippen LogP contribution in [-0.4, -0.2) is 23.4 Å². The highest BCUT2D eigenvalue weighted by Gasteiger charge is 2.70. The molecule has 4 nitrogen and oxygen atoms in total. The molecule has 1 aliphatic rings. The van der Waals surface area contributed by atoms with Gasteiger partial charge in [0.25, 0.3) is 0 Å². The lowest BCUT2D eigenvalue weighted by molar-refractivity contribution is -0.163. The van der Waals surface area contributed by atoms with Crippen LogP contribution >= 0.6 is 0 Å². The SMILES string of the molecule is CC1(C)[C@@](O)(c2ccc(F)cc2)[C@](O)(c2ccc(F)cc2)c2ccccc2S1(=O)=O. The molecule has 0 amide bonds. The van der Waals surface area contributed by atoms with Crippen LogP contribution in [0.5, 0.6) is 0 Å². The third-order valence-electron chi connectivity index (χ3n) is 6.16. The monoisotopic (exact) mass is 430 g/mol. The summed E-state index contributed by atoms with van der Waals surface area (Å²) >= 11 is 0. The van der Waals surface area contributed by atoms with Gasteiger partial charge in [-0.1, -0.05) is 42.5 Å². The maximum atomic E-state index is 13.6. The normalized spacial score (nSPS) is 26.7. The number of sulfone groups is 1. The summed E-state index contributed by atoms with van der Waals surface area (Å²) < 4.78 is 52.4. The summed E-state index contributed by atoms with van der Waals surface area (Å²) in [7, 11) is -4.15. The van der Waals surface area contributed by atoms with E-state index in [2.05, 4.69) is 0 Å². The van der Waals surface area contributed by atoms with E-state index in [-0.39, 0.29) is 21.6 Å². The van der Waals surface area contributed by atoms with Gasteiger partial charge in [0, 0.05) is 5.56 Å². The van der Waals surface area contributed by atoms with Gasteiger partial charge >= 0.3 is 0 Å². The number of rotatable bonds is 2. The quantitative estimate of drug-likeness (QED) is 0.651. The molecule has 156 valence electrons. The topological polar surface area (TPSA) is 74.6 Å². The van der Waals surface area contributed by atoms with Crippen molar-refractivity contribution >= 4 is 9.84 Å². The van der Waals surface area contributed by atoms with Crippen molar-refractivity contribution in [1.82, 2.24) is 0 Å². The van der Waals surface area contributed by atoms with E-state index in [4.69, 9.17) is 0 Å². The van der Waals surface area contributed by atoms with Crippen molar-refractivity contribution in [2.24, 2.45) is 0 Å². The number of fused-ring (bicyclic) bond motifs is 1. The van der Waals surface area contributed by atoms with Crippen LogP contribution in [0.2, 0.25) is 0 Å². The first-order chi connectivity index (χ1) is 14.0. The minimum atomic E-state index is -4.15. The van der Waals surface area contributed by atoms with Gasteiger partial charge in [0.1, 0.15) is 22.0 Å². The molecule has 3 aromatic rings. The van der Waals surface area contributed by atoms with Crippen molar-refractivity contribution in [3.05, 3.63) is 101 Å². The zero-order valence-electron chi connectivity index (χ0n) is 16.3. The minimum absolute atomic E-state index is 0.0128. The summed E-state index contributed by atoms with van der Waals surface area (Å²) in [6, 6.07) is 15.4. The molecule has 0 spiro atoms. The van der Waals surface area contributed by atoms with E-state index in [1.807, 2.05) is 0 Å². The zero-order valence-corrected chi connectivity index (χ0v) is 17.1. The summed E-state index contributed by atoms with van der Waals surface area (Å²) in [6.45, 7) is 2.63. The fourth-order valence-electron chi connectivity index (χ4n) is 4.40. The van der Waals surface area contributed by atoms with Crippen LogP contribution in [0, 0.1) is 11.6 Å². The second-order valence-electron chi connectivity index (χ2n) is 7.94. The van der Waals surface area contributed by atoms with E-state index in [9.17, 15) is 27.4 Å². The molecule has 0 bridgehead atoms. The van der Waals surface area contributed by atoms with Crippen LogP contribution in [0.15, 0.2) is 77.7 Å². The molecule has 3 aromatic carbocycles. The Bertz CT molecular complexity index is 1220. The van der Waals surface area contributed by atoms with Crippen LogP contribution in [0.3, 0.4) is 0 Å². The standard InChI is InChI=1S/C23H20F2O4S/c1-21(2)23(27,16-9-13-18(25)14-10-16)22(26,15-7-11-17(24)12-8-15)19-5-3-4-6-20(19)30(21,28)29/h3-14,26-27H,1-2H3/t22-,23-/m0/s1. The predicted octanol–water partition coefficient (Wildman–Crippen LogP) is 3.65. The maximum Gasteiger partial charge on any atom is 0.187 e. The highest BCUT2D eigenvalue weighted by atomic mass is 32.2. The van der Waals surface area contributed by atoms with Crippen LogP contribution in [0.4, 0.5) is 8.78 Å². The van der Waals surface area contributed by atoms with Crippen molar-refractivity contribution in [2.45, 2.75) is 34.7 Å². The van der Waals surface area contributed by atoms with E-state index in [1.54, 1.807) is 6.07 Å². The molecule has 30 heavy (non-hydrogen) atoms. The highest BCUT2D eigenvalue weighted by molar-refractivity contribution is 7.93. The number of aliphatic hydroxyl groups is 2. The van der Waals surface area contributed by atoms with E-state index in [0.717, 1.165) is 24.3 Å². The first-order valence-corrected chi connectivity index (χ1v) is 10.8. The number of hydrogen-bond acceptors (Lipinski definition) is 4. The van der Waals surface area contributed by atoms with E-state index >= 15 is 0 Å². The average molecular weight is 430 g/mol. The molecule has 0 fully saturated rings. The van der Waals surface area contributed by atoms with Gasteiger partial charge in [0.2, 0.25) is 0 Å². The lowest BCUT2D eigenvalue weighted by Gasteiger charge is -2.55. The lowest BCUT2D eigenvalue weighted by atomic mass is 9.63. The van der Waals surface area contributed by atoms with Gasteiger partial charge in [-0.25, -0.2) is 17.2 Å². The third-order valence-corrected chi connectivity index (χ3v) is 8.73. The molecule has 2 atom stereocenters. The molecule has 0 saturated heterocycles. The van der Waals surface area contributed by atoms with Crippen molar-refractivity contribution in [3.8, 4) is 0 Å². The van der Waals surface area contributed by atoms with Gasteiger partial charge in [0.05, 0.1) is 4.90 Å². The van der Waals surface area contributed by atoms with Gasteiger partial charge in [-0.3, -0.25) is 0 Å². The van der Waals surface area contributed by atoms with E-state index in [1.165, 1.54) is 56.3 Å². The zero-order chi connectivity index (χ0) is 21.9. The fourth-order valence-corrected chi connectivity index (χ4v) is 6.37. The van der Waals surface area contributed by atoms with Gasteiger partial charge in [-0.2, -0.15) is 0 Å². The second kappa shape index (κ2) is 6.44. The van der Waals surface area contributed by atoms with Gasteiger partial charge in [-0.15, -0.1) is 0 Å². The molecule has 7 heteroatoms. The Morgan fingerprint density at radius 1 is 0.733 bits per heavy atom. The average Bonchev–Trinajstić information content (AvgIpc) is 2.72. The Kier molecular flexibility index (Phi) is 4.44. The van der Waals surface area contributed by atoms with Crippen LogP contribution in [-0.2, 0) is 21.0 Å². The summed E-state index contributed by atoms with van der Waals surface area (Å²) in [5.41, 5.74) is -4.63. The van der Waals surface area contributed by atoms with Crippen molar-refractivity contribution in [3.63, 3.8) is 0 Å². The number of benzene rings is 3. The maximum absolute atomic E-state index is 13.6. The third kappa shape index (κ3) is 2.40. The highest BCUT2D eigenvalue weighted by Crippen LogP contribution is 2.59. The van der Waals surface area contributed by atoms with Crippen LogP contribution in [0.25, 0.3) is 0 Å². The Labute approximate surface area is 173 Å². The Balaban J connectivity index is 2.20. The summed E-state index contributed by atoms with van der Waals surface area (Å²) in [4.78, 5) is -0.131. The molecule has 1 aliphatic heterocycles. The van der Waals surface area contributed by atoms with Crippen molar-refractivity contribution < 1.29 is 27.4 Å². The molecule has 1 heterocycles. The molecule has 0 aromatic heterocycles. The molecular weight excluding hydrogens is 410 g/mol. The largest absolute Gasteiger partial charge is 0.380 e. The van der Waals surface area contributed by atoms with Crippen molar-refractivity contribution in [1.29, 1.82) is 0 Å². The first kappa shape index (κ1) is 20.7. The summed E-state index contributed by atoms with van der Waals surface area (Å²) in [6.07, 6.45) is 0. The second-order valence-corrected chi connectivity index (χ2v) is 10.4. The summed E-state index contributed by atoms with van der Waals surface area (Å²) in [5.74, 6) is -1.13. The fraction of sp³-hybridized carbons (Fsp3) is 0.217.